The van der Waals surface area contributed by atoms with Crippen molar-refractivity contribution in [2.24, 2.45) is 0 Å². The molecular weight excluding hydrogens is 396 g/mol. The van der Waals surface area contributed by atoms with Crippen LogP contribution in [-0.2, 0) is 9.53 Å². The third-order valence-corrected chi connectivity index (χ3v) is 7.27. The van der Waals surface area contributed by atoms with Crippen LogP contribution in [-0.4, -0.2) is 47.0 Å². The lowest BCUT2D eigenvalue weighted by molar-refractivity contribution is -0.115. The van der Waals surface area contributed by atoms with E-state index in [1.165, 1.54) is 37.1 Å². The van der Waals surface area contributed by atoms with E-state index in [1.807, 2.05) is 19.1 Å². The molecule has 0 spiro atoms. The van der Waals surface area contributed by atoms with Gasteiger partial charge in [-0.2, -0.15) is 0 Å². The number of ether oxygens (including phenoxy) is 1. The van der Waals surface area contributed by atoms with Crippen molar-refractivity contribution < 1.29 is 9.53 Å². The Labute approximate surface area is 183 Å². The minimum absolute atomic E-state index is 0.00963. The lowest BCUT2D eigenvalue weighted by atomic mass is 10.2. The summed E-state index contributed by atoms with van der Waals surface area (Å²) in [6, 6.07) is 8.62. The van der Waals surface area contributed by atoms with E-state index in [-0.39, 0.29) is 11.2 Å². The van der Waals surface area contributed by atoms with E-state index in [1.54, 1.807) is 11.8 Å². The normalized spacial score (nSPS) is 18.6. The molecule has 162 valence electrons. The van der Waals surface area contributed by atoms with E-state index in [0.717, 1.165) is 42.8 Å². The number of aryl methyl sites for hydroxylation is 1. The number of aromatic nitrogens is 2. The molecule has 1 amide bonds. The number of amides is 1. The van der Waals surface area contributed by atoms with Crippen LogP contribution < -0.4 is 10.2 Å². The minimum atomic E-state index is -0.217. The topological polar surface area (TPSA) is 59.4 Å². The fourth-order valence-electron chi connectivity index (χ4n) is 4.30. The molecule has 2 fully saturated rings. The second-order valence-electron chi connectivity index (χ2n) is 8.27. The third kappa shape index (κ3) is 4.67. The molecule has 6 nitrogen and oxygen atoms in total. The van der Waals surface area contributed by atoms with Crippen molar-refractivity contribution in [2.75, 3.05) is 36.5 Å². The van der Waals surface area contributed by atoms with E-state index in [2.05, 4.69) is 40.8 Å². The van der Waals surface area contributed by atoms with Crippen LogP contribution in [0, 0.1) is 13.8 Å². The zero-order valence-electron chi connectivity index (χ0n) is 18.2. The first-order valence-electron chi connectivity index (χ1n) is 11.0. The summed E-state index contributed by atoms with van der Waals surface area (Å²) in [5, 5.41) is 3.82. The molecule has 1 atom stereocenters. The van der Waals surface area contributed by atoms with Gasteiger partial charge in [0.05, 0.1) is 24.2 Å². The third-order valence-electron chi connectivity index (χ3n) is 6.21. The largest absolute Gasteiger partial charge is 0.378 e. The van der Waals surface area contributed by atoms with Crippen LogP contribution in [0.25, 0.3) is 0 Å². The Morgan fingerprint density at radius 3 is 2.50 bits per heavy atom. The van der Waals surface area contributed by atoms with Gasteiger partial charge in [0.15, 0.2) is 5.16 Å². The number of nitrogens with zero attached hydrogens (tertiary/aromatic N) is 3. The molecule has 1 aromatic carbocycles. The Balaban J connectivity index is 1.39. The van der Waals surface area contributed by atoms with Gasteiger partial charge in [-0.25, -0.2) is 4.98 Å². The average Bonchev–Trinajstić information content (AvgIpc) is 3.37. The molecular formula is C23H32N4O2S. The number of anilines is 2. The Morgan fingerprint density at radius 2 is 1.83 bits per heavy atom. The fourth-order valence-corrected chi connectivity index (χ4v) is 5.38. The predicted molar refractivity (Wildman–Crippen MR) is 123 cm³/mol. The summed E-state index contributed by atoms with van der Waals surface area (Å²) >= 11 is 1.56. The van der Waals surface area contributed by atoms with Gasteiger partial charge in [0.2, 0.25) is 5.91 Å². The maximum Gasteiger partial charge on any atom is 0.237 e. The number of carbonyl (C=O) groups excluding carboxylic acids is 1. The number of hydrogen-bond acceptors (Lipinski definition) is 5. The molecule has 0 radical (unpaired) electrons. The first-order chi connectivity index (χ1) is 14.5. The van der Waals surface area contributed by atoms with Gasteiger partial charge in [0.25, 0.3) is 0 Å². The highest BCUT2D eigenvalue weighted by Gasteiger charge is 2.26. The first-order valence-corrected chi connectivity index (χ1v) is 11.9. The Bertz CT molecular complexity index is 868. The number of imidazole rings is 1. The molecule has 1 aromatic heterocycles. The van der Waals surface area contributed by atoms with E-state index < -0.39 is 0 Å². The monoisotopic (exact) mass is 428 g/mol. The van der Waals surface area contributed by atoms with Gasteiger partial charge in [0.1, 0.15) is 0 Å². The molecule has 4 rings (SSSR count). The molecule has 1 N–H and O–H groups in total. The van der Waals surface area contributed by atoms with Crippen molar-refractivity contribution in [3.8, 4) is 0 Å². The standard InChI is InChI=1S/C23H32N4O2S/c1-16-17(2)27(21-6-4-5-7-21)23(24-16)30-18(3)22(28)25-19-8-10-20(11-9-19)26-12-14-29-15-13-26/h8-11,18,21H,4-7,12-15H2,1-3H3,(H,25,28)/t18-/m0/s1. The van der Waals surface area contributed by atoms with Crippen LogP contribution in [0.15, 0.2) is 29.4 Å². The van der Waals surface area contributed by atoms with Crippen LogP contribution in [0.1, 0.15) is 50.0 Å². The van der Waals surface area contributed by atoms with Gasteiger partial charge >= 0.3 is 0 Å². The summed E-state index contributed by atoms with van der Waals surface area (Å²) < 4.78 is 7.78. The van der Waals surface area contributed by atoms with Crippen molar-refractivity contribution >= 4 is 29.0 Å². The number of carbonyl (C=O) groups is 1. The van der Waals surface area contributed by atoms with Crippen molar-refractivity contribution in [1.82, 2.24) is 9.55 Å². The van der Waals surface area contributed by atoms with Gasteiger partial charge in [0, 0.05) is 36.2 Å². The summed E-state index contributed by atoms with van der Waals surface area (Å²) in [5.74, 6) is 0.00963. The first kappa shape index (κ1) is 21.2. The molecule has 1 saturated carbocycles. The van der Waals surface area contributed by atoms with Crippen LogP contribution in [0.2, 0.25) is 0 Å². The van der Waals surface area contributed by atoms with E-state index in [0.29, 0.717) is 6.04 Å². The summed E-state index contributed by atoms with van der Waals surface area (Å²) in [7, 11) is 0. The van der Waals surface area contributed by atoms with E-state index in [4.69, 9.17) is 9.72 Å². The fraction of sp³-hybridized carbons (Fsp3) is 0.565. The lowest BCUT2D eigenvalue weighted by Crippen LogP contribution is -2.36. The zero-order chi connectivity index (χ0) is 21.1. The highest BCUT2D eigenvalue weighted by Crippen LogP contribution is 2.36. The van der Waals surface area contributed by atoms with Crippen molar-refractivity contribution in [2.45, 2.75) is 62.9 Å². The Kier molecular flexibility index (Phi) is 6.68. The highest BCUT2D eigenvalue weighted by atomic mass is 32.2. The average molecular weight is 429 g/mol. The molecule has 1 aliphatic heterocycles. The number of nitrogens with one attached hydrogen (secondary N) is 1. The molecule has 0 bridgehead atoms. The predicted octanol–water partition coefficient (Wildman–Crippen LogP) is 4.57. The summed E-state index contributed by atoms with van der Waals surface area (Å²) in [6.45, 7) is 9.51. The second-order valence-corrected chi connectivity index (χ2v) is 9.58. The zero-order valence-corrected chi connectivity index (χ0v) is 19.0. The molecule has 1 saturated heterocycles. The van der Waals surface area contributed by atoms with E-state index in [9.17, 15) is 4.79 Å². The minimum Gasteiger partial charge on any atom is -0.378 e. The SMILES string of the molecule is Cc1nc(S[C@@H](C)C(=O)Nc2ccc(N3CCOCC3)cc2)n(C2CCCC2)c1C. The summed E-state index contributed by atoms with van der Waals surface area (Å²) in [4.78, 5) is 19.9. The molecule has 30 heavy (non-hydrogen) atoms. The smallest absolute Gasteiger partial charge is 0.237 e. The highest BCUT2D eigenvalue weighted by molar-refractivity contribution is 8.00. The van der Waals surface area contributed by atoms with Crippen molar-refractivity contribution in [3.05, 3.63) is 35.7 Å². The van der Waals surface area contributed by atoms with Crippen molar-refractivity contribution in [1.29, 1.82) is 0 Å². The molecule has 2 aliphatic rings. The Morgan fingerprint density at radius 1 is 1.17 bits per heavy atom. The lowest BCUT2D eigenvalue weighted by Gasteiger charge is -2.29. The molecule has 7 heteroatoms. The maximum absolute atomic E-state index is 12.8. The van der Waals surface area contributed by atoms with Gasteiger partial charge in [-0.15, -0.1) is 0 Å². The van der Waals surface area contributed by atoms with Crippen LogP contribution >= 0.6 is 11.8 Å². The molecule has 2 heterocycles. The number of benzene rings is 1. The van der Waals surface area contributed by atoms with Crippen LogP contribution in [0.5, 0.6) is 0 Å². The summed E-state index contributed by atoms with van der Waals surface area (Å²) in [5.41, 5.74) is 4.30. The van der Waals surface area contributed by atoms with Gasteiger partial charge < -0.3 is 19.5 Å². The second kappa shape index (κ2) is 9.43. The Hall–Kier alpha value is -1.99. The molecule has 1 aliphatic carbocycles. The van der Waals surface area contributed by atoms with Gasteiger partial charge in [-0.05, 0) is 57.9 Å². The maximum atomic E-state index is 12.8. The van der Waals surface area contributed by atoms with Crippen LogP contribution in [0.4, 0.5) is 11.4 Å². The number of hydrogen-bond donors (Lipinski definition) is 1. The number of thioether (sulfide) groups is 1. The number of morpholine rings is 1. The summed E-state index contributed by atoms with van der Waals surface area (Å²) in [6.07, 6.45) is 4.98. The van der Waals surface area contributed by atoms with Gasteiger partial charge in [-0.3, -0.25) is 4.79 Å². The van der Waals surface area contributed by atoms with Gasteiger partial charge in [-0.1, -0.05) is 24.6 Å². The van der Waals surface area contributed by atoms with Crippen molar-refractivity contribution in [3.63, 3.8) is 0 Å². The molecule has 2 aromatic rings. The quantitative estimate of drug-likeness (QED) is 0.683. The van der Waals surface area contributed by atoms with E-state index >= 15 is 0 Å². The number of rotatable bonds is 6. The molecule has 0 unspecified atom stereocenters. The van der Waals surface area contributed by atoms with Crippen LogP contribution in [0.3, 0.4) is 0 Å².